The molecule has 0 saturated heterocycles. The Labute approximate surface area is 136 Å². The maximum Gasteiger partial charge on any atom is 0.418 e. The van der Waals surface area contributed by atoms with Crippen LogP contribution in [-0.4, -0.2) is 41.5 Å². The molecule has 9 heteroatoms. The molecule has 1 aromatic carbocycles. The minimum Gasteiger partial charge on any atom is -0.480 e. The number of nitrogens with zero attached hydrogens (tertiary/aromatic N) is 1. The molecule has 0 unspecified atom stereocenters. The fourth-order valence-electron chi connectivity index (χ4n) is 1.99. The molecule has 2 N–H and O–H groups in total. The fourth-order valence-corrected chi connectivity index (χ4v) is 2.21. The number of para-hydroxylation sites is 1. The van der Waals surface area contributed by atoms with Gasteiger partial charge in [0.15, 0.2) is 0 Å². The third-order valence-electron chi connectivity index (χ3n) is 2.85. The summed E-state index contributed by atoms with van der Waals surface area (Å²) in [7, 11) is 0. The van der Waals surface area contributed by atoms with Crippen molar-refractivity contribution in [2.45, 2.75) is 19.5 Å². The smallest absolute Gasteiger partial charge is 0.418 e. The third kappa shape index (κ3) is 6.07. The molecule has 0 heterocycles. The lowest BCUT2D eigenvalue weighted by Gasteiger charge is -2.20. The van der Waals surface area contributed by atoms with Crippen LogP contribution in [0.15, 0.2) is 18.2 Å². The van der Waals surface area contributed by atoms with E-state index in [0.717, 1.165) is 12.1 Å². The van der Waals surface area contributed by atoms with Gasteiger partial charge < -0.3 is 10.4 Å². The molecule has 0 aliphatic heterocycles. The first-order chi connectivity index (χ1) is 10.6. The molecule has 0 aliphatic rings. The molecule has 5 nitrogen and oxygen atoms in total. The normalized spacial score (nSPS) is 11.6. The number of carboxylic acid groups (broad SMARTS) is 1. The Morgan fingerprint density at radius 1 is 1.30 bits per heavy atom. The molecule has 0 bridgehead atoms. The molecule has 0 spiro atoms. The number of carboxylic acids is 1. The molecule has 0 aliphatic carbocycles. The van der Waals surface area contributed by atoms with Crippen molar-refractivity contribution in [1.82, 2.24) is 4.90 Å². The number of carbonyl (C=O) groups excluding carboxylic acids is 1. The van der Waals surface area contributed by atoms with Crippen molar-refractivity contribution in [3.63, 3.8) is 0 Å². The van der Waals surface area contributed by atoms with Gasteiger partial charge in [-0.15, -0.1) is 0 Å². The van der Waals surface area contributed by atoms with E-state index in [2.05, 4.69) is 5.32 Å². The van der Waals surface area contributed by atoms with Gasteiger partial charge >= 0.3 is 12.1 Å². The zero-order valence-corrected chi connectivity index (χ0v) is 13.0. The summed E-state index contributed by atoms with van der Waals surface area (Å²) in [5, 5.41) is 10.6. The second kappa shape index (κ2) is 8.16. The standard InChI is InChI=1S/C14H16ClF3N2O3/c1-2-6-20(8-12(22)23)7-11(21)19-13-9(14(16,17)18)4-3-5-10(13)15/h3-5H,2,6-8H2,1H3,(H,19,21)(H,22,23). The highest BCUT2D eigenvalue weighted by molar-refractivity contribution is 6.34. The van der Waals surface area contributed by atoms with Crippen LogP contribution in [0.4, 0.5) is 18.9 Å². The Morgan fingerprint density at radius 3 is 2.48 bits per heavy atom. The first-order valence-corrected chi connectivity index (χ1v) is 7.12. The lowest BCUT2D eigenvalue weighted by atomic mass is 10.1. The van der Waals surface area contributed by atoms with Gasteiger partial charge in [-0.2, -0.15) is 13.2 Å². The number of amides is 1. The summed E-state index contributed by atoms with van der Waals surface area (Å²) in [5.41, 5.74) is -1.59. The van der Waals surface area contributed by atoms with Crippen LogP contribution < -0.4 is 5.32 Å². The van der Waals surface area contributed by atoms with Gasteiger partial charge in [-0.1, -0.05) is 24.6 Å². The molecule has 0 radical (unpaired) electrons. The number of aliphatic carboxylic acids is 1. The fraction of sp³-hybridized carbons (Fsp3) is 0.429. The summed E-state index contributed by atoms with van der Waals surface area (Å²) in [6, 6.07) is 3.17. The average Bonchev–Trinajstić information content (AvgIpc) is 2.39. The molecule has 1 amide bonds. The first-order valence-electron chi connectivity index (χ1n) is 6.74. The van der Waals surface area contributed by atoms with Gasteiger partial charge in [0.25, 0.3) is 0 Å². The highest BCUT2D eigenvalue weighted by atomic mass is 35.5. The molecule has 1 aromatic rings. The van der Waals surface area contributed by atoms with Crippen molar-refractivity contribution in [2.75, 3.05) is 25.0 Å². The molecule has 0 saturated carbocycles. The van der Waals surface area contributed by atoms with E-state index in [9.17, 15) is 22.8 Å². The lowest BCUT2D eigenvalue weighted by molar-refractivity contribution is -0.138. The van der Waals surface area contributed by atoms with Crippen molar-refractivity contribution in [1.29, 1.82) is 0 Å². The largest absolute Gasteiger partial charge is 0.480 e. The molecule has 1 rings (SSSR count). The van der Waals surface area contributed by atoms with Crippen LogP contribution in [0.1, 0.15) is 18.9 Å². The Morgan fingerprint density at radius 2 is 1.96 bits per heavy atom. The highest BCUT2D eigenvalue weighted by Crippen LogP contribution is 2.38. The van der Waals surface area contributed by atoms with Gasteiger partial charge in [-0.25, -0.2) is 0 Å². The SMILES string of the molecule is CCCN(CC(=O)O)CC(=O)Nc1c(Cl)cccc1C(F)(F)F. The summed E-state index contributed by atoms with van der Waals surface area (Å²) < 4.78 is 38.8. The zero-order valence-electron chi connectivity index (χ0n) is 12.3. The maximum absolute atomic E-state index is 12.9. The van der Waals surface area contributed by atoms with E-state index >= 15 is 0 Å². The van der Waals surface area contributed by atoms with Gasteiger partial charge in [-0.3, -0.25) is 14.5 Å². The molecular weight excluding hydrogens is 337 g/mol. The molecule has 0 fully saturated rings. The predicted molar refractivity (Wildman–Crippen MR) is 79.5 cm³/mol. The van der Waals surface area contributed by atoms with Crippen LogP contribution in [0.25, 0.3) is 0 Å². The molecule has 23 heavy (non-hydrogen) atoms. The number of nitrogens with one attached hydrogen (secondary N) is 1. The molecular formula is C14H16ClF3N2O3. The first kappa shape index (κ1) is 19.2. The molecule has 0 atom stereocenters. The number of hydrogen-bond donors (Lipinski definition) is 2. The Hall–Kier alpha value is -1.80. The van der Waals surface area contributed by atoms with Crippen molar-refractivity contribution in [3.05, 3.63) is 28.8 Å². The quantitative estimate of drug-likeness (QED) is 0.791. The van der Waals surface area contributed by atoms with E-state index in [1.807, 2.05) is 0 Å². The minimum atomic E-state index is -4.67. The molecule has 128 valence electrons. The number of carbonyl (C=O) groups is 2. The van der Waals surface area contributed by atoms with Crippen LogP contribution in [0.2, 0.25) is 5.02 Å². The van der Waals surface area contributed by atoms with E-state index in [1.54, 1.807) is 6.92 Å². The van der Waals surface area contributed by atoms with E-state index < -0.39 is 29.3 Å². The van der Waals surface area contributed by atoms with Gasteiger partial charge in [-0.05, 0) is 25.1 Å². The van der Waals surface area contributed by atoms with Crippen molar-refractivity contribution >= 4 is 29.2 Å². The van der Waals surface area contributed by atoms with Gasteiger partial charge in [0.2, 0.25) is 5.91 Å². The second-order valence-electron chi connectivity index (χ2n) is 4.81. The van der Waals surface area contributed by atoms with Crippen LogP contribution in [0.3, 0.4) is 0 Å². The van der Waals surface area contributed by atoms with Gasteiger partial charge in [0.05, 0.1) is 29.4 Å². The van der Waals surface area contributed by atoms with Crippen LogP contribution in [0, 0.1) is 0 Å². The van der Waals surface area contributed by atoms with Crippen molar-refractivity contribution in [2.24, 2.45) is 0 Å². The van der Waals surface area contributed by atoms with Crippen LogP contribution >= 0.6 is 11.6 Å². The number of halogens is 4. The number of benzene rings is 1. The maximum atomic E-state index is 12.9. The Bertz CT molecular complexity index is 579. The summed E-state index contributed by atoms with van der Waals surface area (Å²) in [6.07, 6.45) is -4.07. The van der Waals surface area contributed by atoms with Crippen molar-refractivity contribution in [3.8, 4) is 0 Å². The zero-order chi connectivity index (χ0) is 17.6. The Balaban J connectivity index is 2.90. The van der Waals surface area contributed by atoms with Crippen LogP contribution in [0.5, 0.6) is 0 Å². The topological polar surface area (TPSA) is 69.6 Å². The summed E-state index contributed by atoms with van der Waals surface area (Å²) in [6.45, 7) is 1.40. The number of rotatable bonds is 7. The van der Waals surface area contributed by atoms with E-state index in [0.29, 0.717) is 13.0 Å². The molecule has 0 aromatic heterocycles. The summed E-state index contributed by atoms with van der Waals surface area (Å²) >= 11 is 5.74. The van der Waals surface area contributed by atoms with Crippen molar-refractivity contribution < 1.29 is 27.9 Å². The lowest BCUT2D eigenvalue weighted by Crippen LogP contribution is -2.37. The number of alkyl halides is 3. The average molecular weight is 353 g/mol. The second-order valence-corrected chi connectivity index (χ2v) is 5.22. The minimum absolute atomic E-state index is 0.242. The highest BCUT2D eigenvalue weighted by Gasteiger charge is 2.34. The summed E-state index contributed by atoms with van der Waals surface area (Å²) in [5.74, 6) is -1.89. The number of hydrogen-bond acceptors (Lipinski definition) is 3. The third-order valence-corrected chi connectivity index (χ3v) is 3.16. The monoisotopic (exact) mass is 352 g/mol. The predicted octanol–water partition coefficient (Wildman–Crippen LogP) is 3.09. The Kier molecular flexibility index (Phi) is 6.83. The van der Waals surface area contributed by atoms with E-state index in [4.69, 9.17) is 16.7 Å². The number of anilines is 1. The van der Waals surface area contributed by atoms with E-state index in [1.165, 1.54) is 11.0 Å². The van der Waals surface area contributed by atoms with Crippen LogP contribution in [-0.2, 0) is 15.8 Å². The summed E-state index contributed by atoms with van der Waals surface area (Å²) in [4.78, 5) is 24.0. The van der Waals surface area contributed by atoms with Gasteiger partial charge in [0.1, 0.15) is 0 Å². The van der Waals surface area contributed by atoms with E-state index in [-0.39, 0.29) is 18.1 Å². The van der Waals surface area contributed by atoms with Gasteiger partial charge in [0, 0.05) is 0 Å².